The molecule has 0 heterocycles. The fourth-order valence-electron chi connectivity index (χ4n) is 2.03. The molecule has 0 unspecified atom stereocenters. The standard InChI is InChI=1S/C17H19FN2O2/c1-12-6-7-16(13(2)8-12)22-11-20-17(21)19-10-14-4-3-5-15(18)9-14/h3-9H,10-11H2,1-2H3,(H2,19,20,21). The zero-order chi connectivity index (χ0) is 15.9. The van der Waals surface area contributed by atoms with Crippen molar-refractivity contribution in [1.82, 2.24) is 10.6 Å². The lowest BCUT2D eigenvalue weighted by Crippen LogP contribution is -2.37. The maximum atomic E-state index is 13.0. The van der Waals surface area contributed by atoms with Gasteiger partial charge in [0.25, 0.3) is 0 Å². The number of rotatable bonds is 5. The third kappa shape index (κ3) is 4.77. The molecule has 0 saturated heterocycles. The average Bonchev–Trinajstić information content (AvgIpc) is 2.47. The molecule has 2 N–H and O–H groups in total. The largest absolute Gasteiger partial charge is 0.473 e. The van der Waals surface area contributed by atoms with Crippen LogP contribution in [0.5, 0.6) is 5.75 Å². The number of hydrogen-bond acceptors (Lipinski definition) is 2. The molecule has 0 aliphatic carbocycles. The Morgan fingerprint density at radius 2 is 1.95 bits per heavy atom. The molecule has 4 nitrogen and oxygen atoms in total. The molecule has 2 rings (SSSR count). The van der Waals surface area contributed by atoms with Gasteiger partial charge in [0.15, 0.2) is 6.73 Å². The van der Waals surface area contributed by atoms with Gasteiger partial charge in [0, 0.05) is 6.54 Å². The first-order valence-corrected chi connectivity index (χ1v) is 7.01. The van der Waals surface area contributed by atoms with Crippen LogP contribution in [0.2, 0.25) is 0 Å². The van der Waals surface area contributed by atoms with Crippen molar-refractivity contribution in [2.24, 2.45) is 0 Å². The average molecular weight is 302 g/mol. The van der Waals surface area contributed by atoms with E-state index in [9.17, 15) is 9.18 Å². The highest BCUT2D eigenvalue weighted by Crippen LogP contribution is 2.18. The molecule has 0 aromatic heterocycles. The van der Waals surface area contributed by atoms with Gasteiger partial charge in [0.05, 0.1) is 0 Å². The minimum absolute atomic E-state index is 0.0683. The van der Waals surface area contributed by atoms with Crippen LogP contribution in [0.1, 0.15) is 16.7 Å². The highest BCUT2D eigenvalue weighted by Gasteiger charge is 2.03. The Hall–Kier alpha value is -2.56. The second kappa shape index (κ2) is 7.45. The smallest absolute Gasteiger partial charge is 0.317 e. The molecular weight excluding hydrogens is 283 g/mol. The normalized spacial score (nSPS) is 10.1. The van der Waals surface area contributed by atoms with Crippen molar-refractivity contribution in [3.63, 3.8) is 0 Å². The van der Waals surface area contributed by atoms with E-state index >= 15 is 0 Å². The Kier molecular flexibility index (Phi) is 5.36. The summed E-state index contributed by atoms with van der Waals surface area (Å²) in [5.74, 6) is 0.411. The van der Waals surface area contributed by atoms with Crippen molar-refractivity contribution in [2.75, 3.05) is 6.73 Å². The summed E-state index contributed by atoms with van der Waals surface area (Å²) < 4.78 is 18.5. The highest BCUT2D eigenvalue weighted by atomic mass is 19.1. The van der Waals surface area contributed by atoms with E-state index in [1.54, 1.807) is 12.1 Å². The van der Waals surface area contributed by atoms with Gasteiger partial charge in [0.2, 0.25) is 0 Å². The molecule has 0 fully saturated rings. The SMILES string of the molecule is Cc1ccc(OCNC(=O)NCc2cccc(F)c2)c(C)c1. The zero-order valence-electron chi connectivity index (χ0n) is 12.7. The summed E-state index contributed by atoms with van der Waals surface area (Å²) in [5, 5.41) is 5.23. The Balaban J connectivity index is 1.74. The summed E-state index contributed by atoms with van der Waals surface area (Å²) in [7, 11) is 0. The second-order valence-electron chi connectivity index (χ2n) is 5.05. The summed E-state index contributed by atoms with van der Waals surface area (Å²) in [5.41, 5.74) is 2.87. The van der Waals surface area contributed by atoms with Gasteiger partial charge in [-0.2, -0.15) is 0 Å². The van der Waals surface area contributed by atoms with E-state index in [1.807, 2.05) is 32.0 Å². The summed E-state index contributed by atoms with van der Waals surface area (Å²) in [6, 6.07) is 11.6. The van der Waals surface area contributed by atoms with Gasteiger partial charge < -0.3 is 15.4 Å². The number of aryl methyl sites for hydroxylation is 2. The van der Waals surface area contributed by atoms with Crippen molar-refractivity contribution in [1.29, 1.82) is 0 Å². The monoisotopic (exact) mass is 302 g/mol. The predicted octanol–water partition coefficient (Wildman–Crippen LogP) is 3.28. The first-order chi connectivity index (χ1) is 10.5. The molecule has 2 aromatic carbocycles. The van der Waals surface area contributed by atoms with Gasteiger partial charge in [-0.05, 0) is 43.2 Å². The third-order valence-electron chi connectivity index (χ3n) is 3.13. The molecule has 0 spiro atoms. The van der Waals surface area contributed by atoms with E-state index in [2.05, 4.69) is 10.6 Å². The number of hydrogen-bond donors (Lipinski definition) is 2. The van der Waals surface area contributed by atoms with E-state index in [0.717, 1.165) is 16.9 Å². The van der Waals surface area contributed by atoms with Crippen LogP contribution in [0.25, 0.3) is 0 Å². The lowest BCUT2D eigenvalue weighted by Gasteiger charge is -2.11. The molecule has 0 aliphatic rings. The zero-order valence-corrected chi connectivity index (χ0v) is 12.7. The Morgan fingerprint density at radius 1 is 1.14 bits per heavy atom. The molecule has 0 aliphatic heterocycles. The Bertz CT molecular complexity index is 659. The number of benzene rings is 2. The number of carbonyl (C=O) groups is 1. The number of urea groups is 1. The van der Waals surface area contributed by atoms with Crippen LogP contribution in [0.15, 0.2) is 42.5 Å². The first-order valence-electron chi connectivity index (χ1n) is 7.01. The van der Waals surface area contributed by atoms with Crippen molar-refractivity contribution < 1.29 is 13.9 Å². The van der Waals surface area contributed by atoms with Gasteiger partial charge in [-0.1, -0.05) is 29.8 Å². The Morgan fingerprint density at radius 3 is 2.68 bits per heavy atom. The van der Waals surface area contributed by atoms with E-state index < -0.39 is 0 Å². The molecule has 116 valence electrons. The summed E-state index contributed by atoms with van der Waals surface area (Å²) in [6.07, 6.45) is 0. The summed E-state index contributed by atoms with van der Waals surface area (Å²) in [4.78, 5) is 11.6. The van der Waals surface area contributed by atoms with Crippen LogP contribution in [0, 0.1) is 19.7 Å². The fourth-order valence-corrected chi connectivity index (χ4v) is 2.03. The van der Waals surface area contributed by atoms with Crippen LogP contribution in [0.3, 0.4) is 0 Å². The summed E-state index contributed by atoms with van der Waals surface area (Å²) >= 11 is 0. The van der Waals surface area contributed by atoms with Crippen molar-refractivity contribution in [3.8, 4) is 5.75 Å². The summed E-state index contributed by atoms with van der Waals surface area (Å²) in [6.45, 7) is 4.29. The van der Waals surface area contributed by atoms with Crippen LogP contribution < -0.4 is 15.4 Å². The second-order valence-corrected chi connectivity index (χ2v) is 5.05. The van der Waals surface area contributed by atoms with E-state index in [0.29, 0.717) is 5.56 Å². The predicted molar refractivity (Wildman–Crippen MR) is 83.2 cm³/mol. The van der Waals surface area contributed by atoms with Crippen molar-refractivity contribution >= 4 is 6.03 Å². The molecule has 0 bridgehead atoms. The molecule has 0 radical (unpaired) electrons. The Labute approximate surface area is 129 Å². The molecular formula is C17H19FN2O2. The van der Waals surface area contributed by atoms with Crippen LogP contribution >= 0.6 is 0 Å². The number of ether oxygens (including phenoxy) is 1. The van der Waals surface area contributed by atoms with Crippen molar-refractivity contribution in [2.45, 2.75) is 20.4 Å². The number of halogens is 1. The van der Waals surface area contributed by atoms with Crippen LogP contribution in [0.4, 0.5) is 9.18 Å². The van der Waals surface area contributed by atoms with Gasteiger partial charge >= 0.3 is 6.03 Å². The molecule has 5 heteroatoms. The number of nitrogens with one attached hydrogen (secondary N) is 2. The minimum Gasteiger partial charge on any atom is -0.473 e. The molecule has 0 saturated carbocycles. The van der Waals surface area contributed by atoms with Gasteiger partial charge in [-0.3, -0.25) is 0 Å². The topological polar surface area (TPSA) is 50.4 Å². The lowest BCUT2D eigenvalue weighted by atomic mass is 10.1. The van der Waals surface area contributed by atoms with E-state index in [4.69, 9.17) is 4.74 Å². The third-order valence-corrected chi connectivity index (χ3v) is 3.13. The van der Waals surface area contributed by atoms with Crippen molar-refractivity contribution in [3.05, 3.63) is 65.0 Å². The van der Waals surface area contributed by atoms with Gasteiger partial charge in [0.1, 0.15) is 11.6 Å². The first kappa shape index (κ1) is 15.8. The number of amides is 2. The van der Waals surface area contributed by atoms with Crippen LogP contribution in [-0.2, 0) is 6.54 Å². The van der Waals surface area contributed by atoms with Crippen LogP contribution in [-0.4, -0.2) is 12.8 Å². The quantitative estimate of drug-likeness (QED) is 0.833. The molecule has 2 aromatic rings. The molecule has 22 heavy (non-hydrogen) atoms. The maximum absolute atomic E-state index is 13.0. The van der Waals surface area contributed by atoms with E-state index in [1.165, 1.54) is 12.1 Å². The van der Waals surface area contributed by atoms with E-state index in [-0.39, 0.29) is 25.1 Å². The minimum atomic E-state index is -0.367. The molecule has 2 amide bonds. The van der Waals surface area contributed by atoms with Gasteiger partial charge in [-0.15, -0.1) is 0 Å². The fraction of sp³-hybridized carbons (Fsp3) is 0.235. The van der Waals surface area contributed by atoms with Gasteiger partial charge in [-0.25, -0.2) is 9.18 Å². The highest BCUT2D eigenvalue weighted by molar-refractivity contribution is 5.73. The maximum Gasteiger partial charge on any atom is 0.317 e. The molecule has 0 atom stereocenters. The lowest BCUT2D eigenvalue weighted by molar-refractivity contribution is 0.223. The number of carbonyl (C=O) groups excluding carboxylic acids is 1.